The second-order valence-corrected chi connectivity index (χ2v) is 10.6. The summed E-state index contributed by atoms with van der Waals surface area (Å²) >= 11 is 7.60. The van der Waals surface area contributed by atoms with E-state index < -0.39 is 11.9 Å². The summed E-state index contributed by atoms with van der Waals surface area (Å²) < 4.78 is 6.04. The number of halogens is 1. The van der Waals surface area contributed by atoms with Crippen LogP contribution in [0.25, 0.3) is 10.9 Å². The summed E-state index contributed by atoms with van der Waals surface area (Å²) in [7, 11) is 0. The van der Waals surface area contributed by atoms with Gasteiger partial charge in [-0.15, -0.1) is 0 Å². The van der Waals surface area contributed by atoms with Crippen LogP contribution in [-0.4, -0.2) is 21.6 Å². The van der Waals surface area contributed by atoms with Crippen LogP contribution in [0.1, 0.15) is 35.4 Å². The van der Waals surface area contributed by atoms with Crippen molar-refractivity contribution in [3.8, 4) is 5.75 Å². The molecule has 39 heavy (non-hydrogen) atoms. The fraction of sp³-hybridized carbons (Fsp3) is 0.241. The van der Waals surface area contributed by atoms with Crippen molar-refractivity contribution in [2.45, 2.75) is 31.6 Å². The van der Waals surface area contributed by atoms with Crippen LogP contribution in [0.15, 0.2) is 78.9 Å². The maximum absolute atomic E-state index is 11.4. The summed E-state index contributed by atoms with van der Waals surface area (Å²) in [4.78, 5) is 27.0. The number of aryl methyl sites for hydroxylation is 1. The maximum Gasteiger partial charge on any atom is 1.00 e. The Bertz CT molecular complexity index is 1450. The predicted molar refractivity (Wildman–Crippen MR) is 148 cm³/mol. The van der Waals surface area contributed by atoms with Crippen LogP contribution in [0.4, 0.5) is 5.69 Å². The summed E-state index contributed by atoms with van der Waals surface area (Å²) in [6.45, 7) is 1.88. The standard InChI is InChI=1S/C29H27ClN2O5S.Na/c1-19(29(33)34)18-38-28(14-11-21-5-2-3-8-27(21)32(35)36)22-6-4-7-25(15-22)37-17-24-13-10-20-9-12-23(30)16-26(20)31-24;/h2-10,12-13,15-16,19,28H,11,14,17-18H2,1H3,(H,33,34);/q;+1/p-1. The number of hydrogen-bond donors (Lipinski definition) is 0. The first-order valence-corrected chi connectivity index (χ1v) is 13.6. The summed E-state index contributed by atoms with van der Waals surface area (Å²) in [6.07, 6.45) is 1.06. The fourth-order valence-electron chi connectivity index (χ4n) is 4.04. The van der Waals surface area contributed by atoms with E-state index in [1.165, 1.54) is 17.8 Å². The molecule has 0 amide bonds. The zero-order valence-corrected chi connectivity index (χ0v) is 25.3. The van der Waals surface area contributed by atoms with Crippen LogP contribution in [0, 0.1) is 16.0 Å². The molecule has 0 aliphatic heterocycles. The normalized spacial score (nSPS) is 12.4. The number of benzene rings is 3. The molecule has 0 aliphatic rings. The van der Waals surface area contributed by atoms with E-state index in [0.717, 1.165) is 22.2 Å². The largest absolute Gasteiger partial charge is 1.00 e. The zero-order chi connectivity index (χ0) is 27.1. The summed E-state index contributed by atoms with van der Waals surface area (Å²) in [6, 6.07) is 23.8. The Hall–Kier alpha value is -2.62. The monoisotopic (exact) mass is 572 g/mol. The Morgan fingerprint density at radius 2 is 1.85 bits per heavy atom. The van der Waals surface area contributed by atoms with E-state index in [0.29, 0.717) is 34.9 Å². The molecule has 2 atom stereocenters. The quantitative estimate of drug-likeness (QED) is 0.146. The number of carbonyl (C=O) groups excluding carboxylic acids is 1. The Morgan fingerprint density at radius 3 is 2.62 bits per heavy atom. The summed E-state index contributed by atoms with van der Waals surface area (Å²) in [5.41, 5.74) is 3.23. The van der Waals surface area contributed by atoms with Crippen LogP contribution in [0.5, 0.6) is 5.75 Å². The summed E-state index contributed by atoms with van der Waals surface area (Å²) in [5, 5.41) is 24.3. The molecule has 0 radical (unpaired) electrons. The average Bonchev–Trinajstić information content (AvgIpc) is 2.91. The first-order chi connectivity index (χ1) is 18.3. The number of aliphatic carboxylic acids is 1. The second-order valence-electron chi connectivity index (χ2n) is 8.97. The number of ether oxygens (including phenoxy) is 1. The molecule has 0 saturated carbocycles. The van der Waals surface area contributed by atoms with Gasteiger partial charge in [-0.3, -0.25) is 10.1 Å². The third kappa shape index (κ3) is 8.68. The van der Waals surface area contributed by atoms with Crippen molar-refractivity contribution < 1.29 is 49.1 Å². The van der Waals surface area contributed by atoms with E-state index in [2.05, 4.69) is 4.98 Å². The maximum atomic E-state index is 11.4. The molecule has 4 rings (SSSR count). The van der Waals surface area contributed by atoms with Gasteiger partial charge in [0.05, 0.1) is 16.1 Å². The molecule has 0 N–H and O–H groups in total. The van der Waals surface area contributed by atoms with Crippen molar-refractivity contribution >= 4 is 45.9 Å². The Labute approximate surface area is 258 Å². The van der Waals surface area contributed by atoms with Gasteiger partial charge in [0.1, 0.15) is 12.4 Å². The number of pyridine rings is 1. The number of thioether (sulfide) groups is 1. The zero-order valence-electron chi connectivity index (χ0n) is 21.7. The number of aromatic nitrogens is 1. The van der Waals surface area contributed by atoms with E-state index in [1.807, 2.05) is 54.6 Å². The molecule has 3 aromatic carbocycles. The minimum atomic E-state index is -1.10. The number of rotatable bonds is 12. The van der Waals surface area contributed by atoms with Gasteiger partial charge in [-0.1, -0.05) is 61.0 Å². The molecule has 196 valence electrons. The van der Waals surface area contributed by atoms with Gasteiger partial charge in [-0.25, -0.2) is 4.98 Å². The van der Waals surface area contributed by atoms with E-state index in [9.17, 15) is 20.0 Å². The molecule has 0 aliphatic carbocycles. The van der Waals surface area contributed by atoms with E-state index in [-0.39, 0.29) is 52.0 Å². The SMILES string of the molecule is CC(CSC(CCc1ccccc1[N+](=O)[O-])c1cccc(OCc2ccc3ccc(Cl)cc3n2)c1)C(=O)[O-].[Na+]. The van der Waals surface area contributed by atoms with Gasteiger partial charge in [0.2, 0.25) is 0 Å². The molecular weight excluding hydrogens is 547 g/mol. The van der Waals surface area contributed by atoms with Crippen LogP contribution < -0.4 is 39.4 Å². The van der Waals surface area contributed by atoms with E-state index in [4.69, 9.17) is 16.3 Å². The number of nitro benzene ring substituents is 1. The molecule has 0 spiro atoms. The Kier molecular flexibility index (Phi) is 11.6. The van der Waals surface area contributed by atoms with Gasteiger partial charge in [0.25, 0.3) is 5.69 Å². The van der Waals surface area contributed by atoms with Crippen molar-refractivity contribution in [1.29, 1.82) is 0 Å². The minimum Gasteiger partial charge on any atom is -0.550 e. The van der Waals surface area contributed by atoms with E-state index in [1.54, 1.807) is 25.1 Å². The predicted octanol–water partition coefficient (Wildman–Crippen LogP) is 3.17. The van der Waals surface area contributed by atoms with Gasteiger partial charge >= 0.3 is 29.6 Å². The van der Waals surface area contributed by atoms with Crippen molar-refractivity contribution in [1.82, 2.24) is 4.98 Å². The molecule has 4 aromatic rings. The number of carboxylic acids is 1. The van der Waals surface area contributed by atoms with Gasteiger partial charge in [0, 0.05) is 44.9 Å². The molecule has 2 unspecified atom stereocenters. The number of carboxylic acid groups (broad SMARTS) is 1. The molecule has 0 bridgehead atoms. The van der Waals surface area contributed by atoms with E-state index >= 15 is 0 Å². The van der Waals surface area contributed by atoms with Crippen molar-refractivity contribution in [2.24, 2.45) is 5.92 Å². The molecule has 0 saturated heterocycles. The number of nitrogens with zero attached hydrogens (tertiary/aromatic N) is 2. The number of fused-ring (bicyclic) bond motifs is 1. The number of para-hydroxylation sites is 1. The number of nitro groups is 1. The first-order valence-electron chi connectivity index (χ1n) is 12.1. The number of carbonyl (C=O) groups is 1. The third-order valence-corrected chi connectivity index (χ3v) is 7.98. The first kappa shape index (κ1) is 30.9. The van der Waals surface area contributed by atoms with Gasteiger partial charge in [-0.2, -0.15) is 11.8 Å². The van der Waals surface area contributed by atoms with Gasteiger partial charge < -0.3 is 14.6 Å². The van der Waals surface area contributed by atoms with Crippen LogP contribution >= 0.6 is 23.4 Å². The molecule has 7 nitrogen and oxygen atoms in total. The molecule has 0 fully saturated rings. The Morgan fingerprint density at radius 1 is 1.08 bits per heavy atom. The molecular formula is C29H26ClN2NaO5S. The second kappa shape index (κ2) is 14.7. The topological polar surface area (TPSA) is 105 Å². The average molecular weight is 573 g/mol. The smallest absolute Gasteiger partial charge is 0.550 e. The van der Waals surface area contributed by atoms with Crippen molar-refractivity contribution in [2.75, 3.05) is 5.75 Å². The van der Waals surface area contributed by atoms with Crippen LogP contribution in [0.3, 0.4) is 0 Å². The van der Waals surface area contributed by atoms with Crippen molar-refractivity contribution in [3.63, 3.8) is 0 Å². The van der Waals surface area contributed by atoms with Crippen LogP contribution in [0.2, 0.25) is 5.02 Å². The molecule has 1 aromatic heterocycles. The van der Waals surface area contributed by atoms with Gasteiger partial charge in [0.15, 0.2) is 0 Å². The Balaban J connectivity index is 0.00000420. The van der Waals surface area contributed by atoms with Crippen LogP contribution in [-0.2, 0) is 17.8 Å². The third-order valence-electron chi connectivity index (χ3n) is 6.14. The molecule has 1 heterocycles. The van der Waals surface area contributed by atoms with Gasteiger partial charge in [-0.05, 0) is 48.7 Å². The van der Waals surface area contributed by atoms with Crippen molar-refractivity contribution in [3.05, 3.63) is 111 Å². The fourth-order valence-corrected chi connectivity index (χ4v) is 5.48. The molecule has 10 heteroatoms. The summed E-state index contributed by atoms with van der Waals surface area (Å²) in [5.74, 6) is -0.713. The minimum absolute atomic E-state index is 0. The number of hydrogen-bond acceptors (Lipinski definition) is 7.